The van der Waals surface area contributed by atoms with Crippen LogP contribution in [0.5, 0.6) is 0 Å². The van der Waals surface area contributed by atoms with Crippen molar-refractivity contribution >= 4 is 65.7 Å². The molecule has 0 aliphatic heterocycles. The standard InChI is InChI=1S/C63H38N4O2/c1-4-15-39(16-5-1)41-27-29-43(30-28-41)62-64-61(42-19-8-3-9-20-42)65-63(66-62)45-31-33-50-51-24-14-23-47(59(51)69-58(50)38-45)46-36-53-49-22-11-13-26-57(49)68-60(53)56(37-46)67-54-25-12-10-21-48(54)52-35-44(32-34-55(52)67)40-17-6-2-7-18-40/h1-38H. The summed E-state index contributed by atoms with van der Waals surface area (Å²) >= 11 is 0. The smallest absolute Gasteiger partial charge is 0.164 e. The second-order valence-corrected chi connectivity index (χ2v) is 17.5. The molecule has 0 atom stereocenters. The third kappa shape index (κ3) is 6.45. The molecule has 0 spiro atoms. The van der Waals surface area contributed by atoms with Gasteiger partial charge in [-0.05, 0) is 76.3 Å². The maximum atomic E-state index is 6.99. The predicted molar refractivity (Wildman–Crippen MR) is 281 cm³/mol. The fourth-order valence-corrected chi connectivity index (χ4v) is 10.1. The third-order valence-electron chi connectivity index (χ3n) is 13.5. The van der Waals surface area contributed by atoms with E-state index in [0.717, 1.165) is 99.5 Å². The number of benzene rings is 10. The highest BCUT2D eigenvalue weighted by Gasteiger charge is 2.22. The number of nitrogens with zero attached hydrogens (tertiary/aromatic N) is 4. The number of furan rings is 2. The molecule has 322 valence electrons. The fourth-order valence-electron chi connectivity index (χ4n) is 10.1. The first-order valence-corrected chi connectivity index (χ1v) is 23.2. The molecule has 0 saturated carbocycles. The Kier molecular flexibility index (Phi) is 8.79. The highest BCUT2D eigenvalue weighted by molar-refractivity contribution is 6.16. The SMILES string of the molecule is c1ccc(-c2ccc(-c3nc(-c4ccccc4)nc(-c4ccc5c(c4)oc4c(-c6cc(-n7c8ccccc8c8cc(-c9ccccc9)ccc87)c7oc8ccccc8c7c6)cccc45)n3)cc2)cc1. The van der Waals surface area contributed by atoms with Crippen LogP contribution in [0.25, 0.3) is 139 Å². The van der Waals surface area contributed by atoms with Crippen molar-refractivity contribution in [1.82, 2.24) is 19.5 Å². The van der Waals surface area contributed by atoms with Crippen LogP contribution in [-0.4, -0.2) is 19.5 Å². The first kappa shape index (κ1) is 38.8. The summed E-state index contributed by atoms with van der Waals surface area (Å²) in [6.45, 7) is 0. The van der Waals surface area contributed by atoms with Crippen molar-refractivity contribution in [3.63, 3.8) is 0 Å². The van der Waals surface area contributed by atoms with E-state index in [-0.39, 0.29) is 0 Å². The minimum Gasteiger partial charge on any atom is -0.455 e. The van der Waals surface area contributed by atoms with Gasteiger partial charge in [-0.1, -0.05) is 182 Å². The van der Waals surface area contributed by atoms with Crippen molar-refractivity contribution in [1.29, 1.82) is 0 Å². The van der Waals surface area contributed by atoms with Gasteiger partial charge < -0.3 is 13.4 Å². The minimum atomic E-state index is 0.567. The largest absolute Gasteiger partial charge is 0.455 e. The third-order valence-corrected chi connectivity index (χ3v) is 13.5. The molecule has 14 rings (SSSR count). The van der Waals surface area contributed by atoms with Crippen LogP contribution in [-0.2, 0) is 0 Å². The van der Waals surface area contributed by atoms with Gasteiger partial charge in [0.1, 0.15) is 16.7 Å². The molecule has 0 fully saturated rings. The highest BCUT2D eigenvalue weighted by atomic mass is 16.3. The van der Waals surface area contributed by atoms with Gasteiger partial charge in [0.25, 0.3) is 0 Å². The number of para-hydroxylation sites is 3. The molecule has 69 heavy (non-hydrogen) atoms. The summed E-state index contributed by atoms with van der Waals surface area (Å²) in [4.78, 5) is 15.2. The van der Waals surface area contributed by atoms with E-state index in [0.29, 0.717) is 17.5 Å². The Morgan fingerprint density at radius 2 is 0.783 bits per heavy atom. The van der Waals surface area contributed by atoms with Crippen molar-refractivity contribution in [3.05, 3.63) is 231 Å². The zero-order valence-corrected chi connectivity index (χ0v) is 37.0. The topological polar surface area (TPSA) is 69.9 Å². The first-order valence-electron chi connectivity index (χ1n) is 23.2. The van der Waals surface area contributed by atoms with Crippen LogP contribution < -0.4 is 0 Å². The lowest BCUT2D eigenvalue weighted by molar-refractivity contribution is 0.666. The maximum absolute atomic E-state index is 6.99. The van der Waals surface area contributed by atoms with E-state index in [2.05, 4.69) is 187 Å². The number of fused-ring (bicyclic) bond motifs is 9. The molecule has 6 nitrogen and oxygen atoms in total. The number of aromatic nitrogens is 4. The predicted octanol–water partition coefficient (Wildman–Crippen LogP) is 16.8. The number of hydrogen-bond donors (Lipinski definition) is 0. The Morgan fingerprint density at radius 1 is 0.275 bits per heavy atom. The van der Waals surface area contributed by atoms with Gasteiger partial charge >= 0.3 is 0 Å². The van der Waals surface area contributed by atoms with Gasteiger partial charge in [0.15, 0.2) is 23.1 Å². The molecule has 10 aromatic carbocycles. The number of rotatable bonds is 7. The Morgan fingerprint density at radius 3 is 1.54 bits per heavy atom. The molecule has 0 bridgehead atoms. The summed E-state index contributed by atoms with van der Waals surface area (Å²) in [5.74, 6) is 1.77. The summed E-state index contributed by atoms with van der Waals surface area (Å²) in [5.41, 5.74) is 15.7. The van der Waals surface area contributed by atoms with Crippen LogP contribution in [0.4, 0.5) is 0 Å². The fraction of sp³-hybridized carbons (Fsp3) is 0. The molecule has 0 amide bonds. The molecular formula is C63H38N4O2. The molecule has 4 heterocycles. The van der Waals surface area contributed by atoms with Crippen molar-refractivity contribution in [2.24, 2.45) is 0 Å². The van der Waals surface area contributed by atoms with Crippen LogP contribution in [0.15, 0.2) is 239 Å². The lowest BCUT2D eigenvalue weighted by Gasteiger charge is -2.12. The maximum Gasteiger partial charge on any atom is 0.164 e. The van der Waals surface area contributed by atoms with Crippen molar-refractivity contribution < 1.29 is 8.83 Å². The summed E-state index contributed by atoms with van der Waals surface area (Å²) in [7, 11) is 0. The summed E-state index contributed by atoms with van der Waals surface area (Å²) in [6, 6.07) is 80.4. The normalized spacial score (nSPS) is 11.8. The molecule has 14 aromatic rings. The lowest BCUT2D eigenvalue weighted by atomic mass is 9.99. The lowest BCUT2D eigenvalue weighted by Crippen LogP contribution is -2.00. The van der Waals surface area contributed by atoms with Gasteiger partial charge in [-0.2, -0.15) is 0 Å². The highest BCUT2D eigenvalue weighted by Crippen LogP contribution is 2.44. The number of hydrogen-bond acceptors (Lipinski definition) is 5. The molecular weight excluding hydrogens is 845 g/mol. The van der Waals surface area contributed by atoms with Crippen molar-refractivity contribution in [2.75, 3.05) is 0 Å². The van der Waals surface area contributed by atoms with E-state index >= 15 is 0 Å². The zero-order chi connectivity index (χ0) is 45.4. The molecule has 4 aromatic heterocycles. The zero-order valence-electron chi connectivity index (χ0n) is 37.0. The molecule has 6 heteroatoms. The second-order valence-electron chi connectivity index (χ2n) is 17.5. The van der Waals surface area contributed by atoms with Crippen LogP contribution in [0, 0.1) is 0 Å². The van der Waals surface area contributed by atoms with Gasteiger partial charge in [-0.25, -0.2) is 15.0 Å². The Balaban J connectivity index is 0.932. The van der Waals surface area contributed by atoms with Gasteiger partial charge in [-0.3, -0.25) is 0 Å². The average molecular weight is 883 g/mol. The van der Waals surface area contributed by atoms with Crippen LogP contribution in [0.3, 0.4) is 0 Å². The van der Waals surface area contributed by atoms with E-state index < -0.39 is 0 Å². The molecule has 0 saturated heterocycles. The van der Waals surface area contributed by atoms with E-state index in [1.165, 1.54) is 21.9 Å². The van der Waals surface area contributed by atoms with Crippen molar-refractivity contribution in [3.8, 4) is 73.2 Å². The van der Waals surface area contributed by atoms with E-state index in [1.54, 1.807) is 0 Å². The minimum absolute atomic E-state index is 0.567. The van der Waals surface area contributed by atoms with Crippen LogP contribution in [0.1, 0.15) is 0 Å². The Hall–Kier alpha value is -9.39. The molecule has 0 radical (unpaired) electrons. The summed E-state index contributed by atoms with van der Waals surface area (Å²) < 4.78 is 16.2. The monoisotopic (exact) mass is 882 g/mol. The molecule has 0 N–H and O–H groups in total. The van der Waals surface area contributed by atoms with Crippen molar-refractivity contribution in [2.45, 2.75) is 0 Å². The van der Waals surface area contributed by atoms with E-state index in [9.17, 15) is 0 Å². The summed E-state index contributed by atoms with van der Waals surface area (Å²) in [6.07, 6.45) is 0. The second kappa shape index (κ2) is 15.6. The van der Waals surface area contributed by atoms with Gasteiger partial charge in [0.2, 0.25) is 0 Å². The molecule has 0 aliphatic carbocycles. The van der Waals surface area contributed by atoms with Gasteiger partial charge in [-0.15, -0.1) is 0 Å². The first-order chi connectivity index (χ1) is 34.2. The Labute approximate surface area is 396 Å². The average Bonchev–Trinajstić information content (AvgIpc) is 4.10. The van der Waals surface area contributed by atoms with Gasteiger partial charge in [0.05, 0.1) is 16.7 Å². The quantitative estimate of drug-likeness (QED) is 0.159. The summed E-state index contributed by atoms with van der Waals surface area (Å²) in [5, 5.41) is 6.49. The van der Waals surface area contributed by atoms with Gasteiger partial charge in [0, 0.05) is 54.6 Å². The molecule has 0 aliphatic rings. The van der Waals surface area contributed by atoms with Crippen LogP contribution in [0.2, 0.25) is 0 Å². The van der Waals surface area contributed by atoms with E-state index in [1.807, 2.05) is 48.5 Å². The molecule has 0 unspecified atom stereocenters. The Bertz CT molecular complexity index is 4290. The van der Waals surface area contributed by atoms with Crippen LogP contribution >= 0.6 is 0 Å². The van der Waals surface area contributed by atoms with E-state index in [4.69, 9.17) is 23.8 Å².